The number of aliphatic hydroxyl groups is 1. The van der Waals surface area contributed by atoms with E-state index in [1.807, 2.05) is 13.0 Å². The van der Waals surface area contributed by atoms with Gasteiger partial charge in [-0.1, -0.05) is 0 Å². The van der Waals surface area contributed by atoms with Crippen LogP contribution in [0.3, 0.4) is 0 Å². The molecule has 1 rings (SSSR count). The Morgan fingerprint density at radius 3 is 2.58 bits per heavy atom. The van der Waals surface area contributed by atoms with Crippen molar-refractivity contribution in [3.8, 4) is 5.88 Å². The Morgan fingerprint density at radius 1 is 1.50 bits per heavy atom. The van der Waals surface area contributed by atoms with Crippen LogP contribution < -0.4 is 4.74 Å². The van der Waals surface area contributed by atoms with Gasteiger partial charge in [-0.2, -0.15) is 0 Å². The highest BCUT2D eigenvalue weighted by atomic mass is 16.5. The summed E-state index contributed by atoms with van der Waals surface area (Å²) in [6.07, 6.45) is -0.469. The first-order valence-corrected chi connectivity index (χ1v) is 3.84. The number of rotatable bonds is 2. The van der Waals surface area contributed by atoms with Crippen molar-refractivity contribution in [1.29, 1.82) is 0 Å². The lowest BCUT2D eigenvalue weighted by atomic mass is 10.1. The number of aliphatic hydroxyl groups excluding tert-OH is 1. The quantitative estimate of drug-likeness (QED) is 0.725. The second kappa shape index (κ2) is 3.54. The molecule has 0 amide bonds. The Morgan fingerprint density at radius 2 is 2.17 bits per heavy atom. The molecule has 1 N–H and O–H groups in total. The van der Waals surface area contributed by atoms with E-state index in [1.54, 1.807) is 20.1 Å². The van der Waals surface area contributed by atoms with Gasteiger partial charge < -0.3 is 9.84 Å². The van der Waals surface area contributed by atoms with E-state index in [0.29, 0.717) is 5.88 Å². The molecular formula is C9H13NO2. The molecule has 0 spiro atoms. The van der Waals surface area contributed by atoms with Crippen LogP contribution in [-0.2, 0) is 0 Å². The van der Waals surface area contributed by atoms with Crippen LogP contribution in [0.25, 0.3) is 0 Å². The van der Waals surface area contributed by atoms with Crippen molar-refractivity contribution in [2.75, 3.05) is 7.11 Å². The SMILES string of the molecule is COc1ccc([C@H](C)O)c(C)n1. The summed E-state index contributed by atoms with van der Waals surface area (Å²) >= 11 is 0. The Labute approximate surface area is 72.0 Å². The summed E-state index contributed by atoms with van der Waals surface area (Å²) in [4.78, 5) is 4.13. The second-order valence-electron chi connectivity index (χ2n) is 2.70. The maximum absolute atomic E-state index is 9.29. The van der Waals surface area contributed by atoms with E-state index in [2.05, 4.69) is 4.98 Å². The molecule has 3 nitrogen and oxygen atoms in total. The second-order valence-corrected chi connectivity index (χ2v) is 2.70. The molecule has 0 unspecified atom stereocenters. The van der Waals surface area contributed by atoms with E-state index in [-0.39, 0.29) is 0 Å². The van der Waals surface area contributed by atoms with Crippen LogP contribution in [0.15, 0.2) is 12.1 Å². The third kappa shape index (κ3) is 1.74. The fourth-order valence-electron chi connectivity index (χ4n) is 1.10. The average molecular weight is 167 g/mol. The van der Waals surface area contributed by atoms with Gasteiger partial charge in [0.05, 0.1) is 13.2 Å². The standard InChI is InChI=1S/C9H13NO2/c1-6-8(7(2)11)4-5-9(10-6)12-3/h4-5,7,11H,1-3H3/t7-/m0/s1. The maximum atomic E-state index is 9.29. The maximum Gasteiger partial charge on any atom is 0.213 e. The molecule has 1 aromatic rings. The minimum absolute atomic E-state index is 0.469. The lowest BCUT2D eigenvalue weighted by Gasteiger charge is -2.08. The highest BCUT2D eigenvalue weighted by molar-refractivity contribution is 5.26. The topological polar surface area (TPSA) is 42.4 Å². The molecule has 12 heavy (non-hydrogen) atoms. The zero-order valence-corrected chi connectivity index (χ0v) is 7.53. The van der Waals surface area contributed by atoms with E-state index in [0.717, 1.165) is 11.3 Å². The highest BCUT2D eigenvalue weighted by Gasteiger charge is 2.06. The van der Waals surface area contributed by atoms with Crippen molar-refractivity contribution in [2.24, 2.45) is 0 Å². The summed E-state index contributed by atoms with van der Waals surface area (Å²) < 4.78 is 4.94. The number of methoxy groups -OCH3 is 1. The Balaban J connectivity index is 3.03. The summed E-state index contributed by atoms with van der Waals surface area (Å²) in [6, 6.07) is 3.57. The van der Waals surface area contributed by atoms with E-state index in [1.165, 1.54) is 0 Å². The Kier molecular flexibility index (Phi) is 2.65. The lowest BCUT2D eigenvalue weighted by molar-refractivity contribution is 0.198. The first-order chi connectivity index (χ1) is 5.65. The van der Waals surface area contributed by atoms with Crippen LogP contribution in [0.1, 0.15) is 24.3 Å². The normalized spacial score (nSPS) is 12.7. The first-order valence-electron chi connectivity index (χ1n) is 3.84. The van der Waals surface area contributed by atoms with Crippen LogP contribution in [0.5, 0.6) is 5.88 Å². The Bertz CT molecular complexity index is 271. The van der Waals surface area contributed by atoms with E-state index in [9.17, 15) is 5.11 Å². The zero-order chi connectivity index (χ0) is 9.14. The van der Waals surface area contributed by atoms with E-state index in [4.69, 9.17) is 4.74 Å². The molecule has 0 aliphatic rings. The molecule has 0 fully saturated rings. The third-order valence-electron chi connectivity index (χ3n) is 1.76. The van der Waals surface area contributed by atoms with Crippen LogP contribution in [0.4, 0.5) is 0 Å². The number of hydrogen-bond donors (Lipinski definition) is 1. The molecule has 0 bridgehead atoms. The summed E-state index contributed by atoms with van der Waals surface area (Å²) in [6.45, 7) is 3.57. The van der Waals surface area contributed by atoms with Crippen molar-refractivity contribution < 1.29 is 9.84 Å². The molecule has 66 valence electrons. The fourth-order valence-corrected chi connectivity index (χ4v) is 1.10. The van der Waals surface area contributed by atoms with Crippen LogP contribution >= 0.6 is 0 Å². The van der Waals surface area contributed by atoms with Gasteiger partial charge in [-0.15, -0.1) is 0 Å². The van der Waals surface area contributed by atoms with Gasteiger partial charge >= 0.3 is 0 Å². The van der Waals surface area contributed by atoms with Gasteiger partial charge in [0, 0.05) is 17.3 Å². The summed E-state index contributed by atoms with van der Waals surface area (Å²) in [5.74, 6) is 0.580. The van der Waals surface area contributed by atoms with Crippen LogP contribution in [-0.4, -0.2) is 17.2 Å². The lowest BCUT2D eigenvalue weighted by Crippen LogP contribution is -1.98. The van der Waals surface area contributed by atoms with Crippen molar-refractivity contribution in [1.82, 2.24) is 4.98 Å². The molecule has 3 heteroatoms. The minimum atomic E-state index is -0.469. The fraction of sp³-hybridized carbons (Fsp3) is 0.444. The smallest absolute Gasteiger partial charge is 0.213 e. The number of nitrogens with zero attached hydrogens (tertiary/aromatic N) is 1. The molecule has 0 aliphatic carbocycles. The minimum Gasteiger partial charge on any atom is -0.481 e. The van der Waals surface area contributed by atoms with Gasteiger partial charge in [0.15, 0.2) is 0 Å². The molecule has 0 radical (unpaired) electrons. The van der Waals surface area contributed by atoms with Gasteiger partial charge in [0.1, 0.15) is 0 Å². The van der Waals surface area contributed by atoms with Gasteiger partial charge in [-0.3, -0.25) is 0 Å². The van der Waals surface area contributed by atoms with Gasteiger partial charge in [-0.05, 0) is 19.9 Å². The zero-order valence-electron chi connectivity index (χ0n) is 7.53. The predicted molar refractivity (Wildman–Crippen MR) is 46.2 cm³/mol. The van der Waals surface area contributed by atoms with Crippen molar-refractivity contribution in [3.05, 3.63) is 23.4 Å². The number of aryl methyl sites for hydroxylation is 1. The van der Waals surface area contributed by atoms with Gasteiger partial charge in [0.2, 0.25) is 5.88 Å². The number of hydrogen-bond acceptors (Lipinski definition) is 3. The first kappa shape index (κ1) is 9.00. The summed E-state index contributed by atoms with van der Waals surface area (Å²) in [5.41, 5.74) is 1.65. The molecule has 0 saturated carbocycles. The summed E-state index contributed by atoms with van der Waals surface area (Å²) in [5, 5.41) is 9.29. The molecule has 0 saturated heterocycles. The number of aromatic nitrogens is 1. The van der Waals surface area contributed by atoms with Crippen molar-refractivity contribution in [3.63, 3.8) is 0 Å². The Hall–Kier alpha value is -1.09. The molecular weight excluding hydrogens is 154 g/mol. The van der Waals surface area contributed by atoms with Crippen LogP contribution in [0, 0.1) is 6.92 Å². The van der Waals surface area contributed by atoms with Gasteiger partial charge in [0.25, 0.3) is 0 Å². The number of ether oxygens (including phenoxy) is 1. The van der Waals surface area contributed by atoms with Crippen LogP contribution in [0.2, 0.25) is 0 Å². The van der Waals surface area contributed by atoms with Gasteiger partial charge in [-0.25, -0.2) is 4.98 Å². The summed E-state index contributed by atoms with van der Waals surface area (Å²) in [7, 11) is 1.57. The van der Waals surface area contributed by atoms with E-state index >= 15 is 0 Å². The predicted octanol–water partition coefficient (Wildman–Crippen LogP) is 1.45. The largest absolute Gasteiger partial charge is 0.481 e. The monoisotopic (exact) mass is 167 g/mol. The van der Waals surface area contributed by atoms with Crippen molar-refractivity contribution >= 4 is 0 Å². The third-order valence-corrected chi connectivity index (χ3v) is 1.76. The molecule has 1 atom stereocenters. The average Bonchev–Trinajstić information content (AvgIpc) is 2.03. The molecule has 1 heterocycles. The number of pyridine rings is 1. The highest BCUT2D eigenvalue weighted by Crippen LogP contribution is 2.18. The van der Waals surface area contributed by atoms with Crippen molar-refractivity contribution in [2.45, 2.75) is 20.0 Å². The van der Waals surface area contributed by atoms with E-state index < -0.39 is 6.10 Å². The molecule has 0 aromatic carbocycles. The molecule has 1 aromatic heterocycles. The molecule has 0 aliphatic heterocycles.